The molecule has 0 fully saturated rings. The van der Waals surface area contributed by atoms with E-state index in [9.17, 15) is 0 Å². The molecule has 0 unspecified atom stereocenters. The Morgan fingerprint density at radius 2 is 1.73 bits per heavy atom. The summed E-state index contributed by atoms with van der Waals surface area (Å²) < 4.78 is 8.14. The van der Waals surface area contributed by atoms with E-state index in [-0.39, 0.29) is 0 Å². The molecule has 0 aliphatic rings. The van der Waals surface area contributed by atoms with Crippen LogP contribution in [0.4, 0.5) is 0 Å². The molecule has 0 saturated heterocycles. The van der Waals surface area contributed by atoms with E-state index in [1.807, 2.05) is 30.5 Å². The summed E-state index contributed by atoms with van der Waals surface area (Å²) in [7, 11) is 0. The van der Waals surface area contributed by atoms with E-state index in [1.165, 1.54) is 16.1 Å². The normalized spacial score (nSPS) is 11.1. The minimum absolute atomic E-state index is 0.905. The number of aromatic nitrogens is 1. The first-order valence-electron chi connectivity index (χ1n) is 6.99. The molecule has 4 heteroatoms. The third-order valence-electron chi connectivity index (χ3n) is 3.57. The zero-order chi connectivity index (χ0) is 14.9. The average Bonchev–Trinajstić information content (AvgIpc) is 3.19. The number of hydrogen-bond acceptors (Lipinski definition) is 3. The number of thiophene rings is 1. The van der Waals surface area contributed by atoms with Crippen LogP contribution in [0, 0.1) is 0 Å². The summed E-state index contributed by atoms with van der Waals surface area (Å²) in [4.78, 5) is 0. The minimum Gasteiger partial charge on any atom is -0.392 e. The maximum absolute atomic E-state index is 5.95. The molecule has 0 saturated carbocycles. The molecule has 0 aliphatic carbocycles. The summed E-state index contributed by atoms with van der Waals surface area (Å²) in [6.07, 6.45) is 2.04. The molecule has 0 aliphatic heterocycles. The van der Waals surface area contributed by atoms with Crippen molar-refractivity contribution in [3.05, 3.63) is 66.0 Å². The minimum atomic E-state index is 0.905. The topological polar surface area (TPSA) is 17.0 Å². The van der Waals surface area contributed by atoms with Crippen LogP contribution >= 0.6 is 23.1 Å². The molecule has 4 rings (SSSR count). The number of para-hydroxylation sites is 2. The fourth-order valence-corrected chi connectivity index (χ4v) is 4.08. The molecule has 0 radical (unpaired) electrons. The van der Waals surface area contributed by atoms with Crippen LogP contribution in [0.3, 0.4) is 0 Å². The highest BCUT2D eigenvalue weighted by Gasteiger charge is 2.25. The summed E-state index contributed by atoms with van der Waals surface area (Å²) in [6.45, 7) is 0. The number of hydrogen-bond donors (Lipinski definition) is 0. The summed E-state index contributed by atoms with van der Waals surface area (Å²) in [6, 6.07) is 20.8. The lowest BCUT2D eigenvalue weighted by Crippen LogP contribution is -2.29. The fourth-order valence-electron chi connectivity index (χ4n) is 2.53. The van der Waals surface area contributed by atoms with Crippen LogP contribution in [0.15, 0.2) is 75.7 Å². The zero-order valence-electron chi connectivity index (χ0n) is 12.0. The van der Waals surface area contributed by atoms with E-state index in [0.29, 0.717) is 0 Å². The molecule has 0 amide bonds. The predicted molar refractivity (Wildman–Crippen MR) is 92.8 cm³/mol. The Morgan fingerprint density at radius 3 is 2.55 bits per heavy atom. The van der Waals surface area contributed by atoms with Gasteiger partial charge in [-0.1, -0.05) is 53.8 Å². The molecule has 0 spiro atoms. The van der Waals surface area contributed by atoms with Gasteiger partial charge in [0.05, 0.1) is 0 Å². The first kappa shape index (κ1) is 13.6. The van der Waals surface area contributed by atoms with Gasteiger partial charge >= 0.3 is 5.22 Å². The van der Waals surface area contributed by atoms with Crippen molar-refractivity contribution in [1.29, 1.82) is 0 Å². The average molecular weight is 324 g/mol. The van der Waals surface area contributed by atoms with Crippen molar-refractivity contribution in [2.75, 3.05) is 6.26 Å². The van der Waals surface area contributed by atoms with Crippen molar-refractivity contribution in [3.8, 4) is 16.1 Å². The Labute approximate surface area is 137 Å². The van der Waals surface area contributed by atoms with E-state index in [2.05, 4.69) is 46.3 Å². The zero-order valence-corrected chi connectivity index (χ0v) is 13.7. The van der Waals surface area contributed by atoms with Crippen LogP contribution in [-0.4, -0.2) is 6.26 Å². The van der Waals surface area contributed by atoms with E-state index in [1.54, 1.807) is 23.1 Å². The molecule has 22 heavy (non-hydrogen) atoms. The van der Waals surface area contributed by atoms with Crippen molar-refractivity contribution in [1.82, 2.24) is 0 Å². The molecule has 2 aromatic carbocycles. The Balaban J connectivity index is 1.88. The van der Waals surface area contributed by atoms with Crippen molar-refractivity contribution in [3.63, 3.8) is 0 Å². The second kappa shape index (κ2) is 5.63. The van der Waals surface area contributed by atoms with E-state index < -0.39 is 0 Å². The molecule has 2 aromatic heterocycles. The standard InChI is InChI=1S/C18H14NOS2/c1-21-18-19(15-9-5-6-10-16(15)20-18)17-11-14(12-22-17)13-7-3-2-4-8-13/h2-12H,1H3/q+1. The monoisotopic (exact) mass is 324 g/mol. The summed E-state index contributed by atoms with van der Waals surface area (Å²) >= 11 is 3.36. The van der Waals surface area contributed by atoms with Gasteiger partial charge in [0.2, 0.25) is 5.58 Å². The highest BCUT2D eigenvalue weighted by Crippen LogP contribution is 2.29. The summed E-state index contributed by atoms with van der Waals surface area (Å²) in [5.41, 5.74) is 4.50. The maximum atomic E-state index is 5.95. The van der Waals surface area contributed by atoms with Crippen LogP contribution in [-0.2, 0) is 0 Å². The Hall–Kier alpha value is -2.04. The van der Waals surface area contributed by atoms with Crippen molar-refractivity contribution in [2.24, 2.45) is 0 Å². The third kappa shape index (κ3) is 2.25. The summed E-state index contributed by atoms with van der Waals surface area (Å²) in [5.74, 6) is 0. The Kier molecular flexibility index (Phi) is 3.48. The lowest BCUT2D eigenvalue weighted by atomic mass is 10.1. The Morgan fingerprint density at radius 1 is 0.955 bits per heavy atom. The smallest absolute Gasteiger partial charge is 0.392 e. The van der Waals surface area contributed by atoms with Gasteiger partial charge in [-0.15, -0.1) is 4.57 Å². The van der Waals surface area contributed by atoms with E-state index >= 15 is 0 Å². The number of thioether (sulfide) groups is 1. The molecule has 2 heterocycles. The molecule has 4 aromatic rings. The van der Waals surface area contributed by atoms with Crippen LogP contribution < -0.4 is 4.57 Å². The maximum Gasteiger partial charge on any atom is 0.418 e. The molecular formula is C18H14NOS2+. The molecule has 0 N–H and O–H groups in total. The predicted octanol–water partition coefficient (Wildman–Crippen LogP) is 5.16. The molecule has 0 bridgehead atoms. The van der Waals surface area contributed by atoms with Crippen LogP contribution in [0.1, 0.15) is 0 Å². The number of nitrogens with zero attached hydrogens (tertiary/aromatic N) is 1. The van der Waals surface area contributed by atoms with Gasteiger partial charge in [0, 0.05) is 17.5 Å². The number of benzene rings is 2. The third-order valence-corrected chi connectivity index (χ3v) is 5.10. The van der Waals surface area contributed by atoms with Gasteiger partial charge in [0.15, 0.2) is 0 Å². The van der Waals surface area contributed by atoms with Gasteiger partial charge in [0.1, 0.15) is 0 Å². The van der Waals surface area contributed by atoms with E-state index in [4.69, 9.17) is 4.42 Å². The van der Waals surface area contributed by atoms with Gasteiger partial charge in [-0.3, -0.25) is 0 Å². The first-order valence-corrected chi connectivity index (χ1v) is 9.09. The van der Waals surface area contributed by atoms with Gasteiger partial charge in [-0.05, 0) is 35.2 Å². The van der Waals surface area contributed by atoms with Gasteiger partial charge in [-0.2, -0.15) is 0 Å². The second-order valence-electron chi connectivity index (χ2n) is 4.91. The quantitative estimate of drug-likeness (QED) is 0.382. The van der Waals surface area contributed by atoms with Gasteiger partial charge < -0.3 is 4.42 Å². The number of oxazole rings is 1. The molecule has 108 valence electrons. The van der Waals surface area contributed by atoms with Crippen molar-refractivity contribution >= 4 is 34.2 Å². The Bertz CT molecular complexity index is 925. The van der Waals surface area contributed by atoms with Crippen LogP contribution in [0.5, 0.6) is 0 Å². The highest BCUT2D eigenvalue weighted by atomic mass is 32.2. The lowest BCUT2D eigenvalue weighted by Gasteiger charge is -1.94. The van der Waals surface area contributed by atoms with Crippen molar-refractivity contribution in [2.45, 2.75) is 5.22 Å². The SMILES string of the molecule is CSc1oc2ccccc2[n+]1-c1cc(-c2ccccc2)cs1. The van der Waals surface area contributed by atoms with Crippen LogP contribution in [0.25, 0.3) is 27.2 Å². The molecule has 0 atom stereocenters. The molecular weight excluding hydrogens is 310 g/mol. The van der Waals surface area contributed by atoms with Crippen molar-refractivity contribution < 1.29 is 8.98 Å². The lowest BCUT2D eigenvalue weighted by molar-refractivity contribution is -0.615. The summed E-state index contributed by atoms with van der Waals surface area (Å²) in [5, 5.41) is 4.28. The van der Waals surface area contributed by atoms with Crippen LogP contribution in [0.2, 0.25) is 0 Å². The highest BCUT2D eigenvalue weighted by molar-refractivity contribution is 7.98. The van der Waals surface area contributed by atoms with E-state index in [0.717, 1.165) is 16.3 Å². The van der Waals surface area contributed by atoms with Gasteiger partial charge in [0.25, 0.3) is 10.5 Å². The first-order chi connectivity index (χ1) is 10.9. The fraction of sp³-hybridized carbons (Fsp3) is 0.0556. The largest absolute Gasteiger partial charge is 0.418 e. The second-order valence-corrected chi connectivity index (χ2v) is 6.56. The molecule has 2 nitrogen and oxygen atoms in total. The van der Waals surface area contributed by atoms with Gasteiger partial charge in [-0.25, -0.2) is 0 Å². The number of rotatable bonds is 3. The number of fused-ring (bicyclic) bond motifs is 1.